The molecule has 0 spiro atoms. The third-order valence-corrected chi connectivity index (χ3v) is 12.9. The normalized spacial score (nSPS) is 32.9. The fraction of sp³-hybridized carbons (Fsp3) is 0.682. The fourth-order valence-electron chi connectivity index (χ4n) is 6.22. The van der Waals surface area contributed by atoms with Crippen LogP contribution in [0.4, 0.5) is 5.69 Å². The van der Waals surface area contributed by atoms with Gasteiger partial charge in [-0.15, -0.1) is 11.8 Å². The Labute approximate surface area is 205 Å². The highest BCUT2D eigenvalue weighted by Crippen LogP contribution is 2.64. The van der Waals surface area contributed by atoms with Crippen LogP contribution in [0.5, 0.6) is 0 Å². The van der Waals surface area contributed by atoms with Gasteiger partial charge in [0.05, 0.1) is 27.1 Å². The molecule has 4 aliphatic rings. The van der Waals surface area contributed by atoms with E-state index in [9.17, 15) is 21.6 Å². The van der Waals surface area contributed by atoms with E-state index in [1.54, 1.807) is 12.1 Å². The summed E-state index contributed by atoms with van der Waals surface area (Å²) in [7, 11) is -7.56. The maximum absolute atomic E-state index is 13.7. The molecule has 2 aliphatic carbocycles. The van der Waals surface area contributed by atoms with Crippen LogP contribution >= 0.6 is 11.8 Å². The molecule has 1 saturated heterocycles. The molecule has 9 nitrogen and oxygen atoms in total. The number of sulfonamides is 2. The number of nitrogens with one attached hydrogen (secondary N) is 3. The predicted molar refractivity (Wildman–Crippen MR) is 132 cm³/mol. The minimum atomic E-state index is -3.79. The maximum Gasteiger partial charge on any atom is 0.242 e. The molecule has 2 aliphatic heterocycles. The van der Waals surface area contributed by atoms with E-state index in [0.717, 1.165) is 6.42 Å². The number of hydrogen-bond acceptors (Lipinski definition) is 8. The molecule has 4 atom stereocenters. The summed E-state index contributed by atoms with van der Waals surface area (Å²) in [6, 6.07) is 4.62. The van der Waals surface area contributed by atoms with E-state index in [0.29, 0.717) is 43.5 Å². The van der Waals surface area contributed by atoms with E-state index in [1.165, 1.54) is 22.1 Å². The molecule has 3 N–H and O–H groups in total. The van der Waals surface area contributed by atoms with Gasteiger partial charge in [-0.2, -0.15) is 4.72 Å². The Balaban J connectivity index is 1.41. The summed E-state index contributed by atoms with van der Waals surface area (Å²) in [5.41, 5.74) is 5.39. The van der Waals surface area contributed by atoms with Crippen LogP contribution in [0.25, 0.3) is 0 Å². The molecule has 12 heteroatoms. The number of Topliss-reactive ketones (excluding diaryl/α,β-unsaturated/α-hetero) is 1. The highest BCUT2D eigenvalue weighted by molar-refractivity contribution is 8.01. The molecule has 0 aromatic heterocycles. The second-order valence-corrected chi connectivity index (χ2v) is 15.5. The van der Waals surface area contributed by atoms with Gasteiger partial charge in [-0.1, -0.05) is 13.8 Å². The number of ketones is 1. The average Bonchev–Trinajstić information content (AvgIpc) is 3.32. The van der Waals surface area contributed by atoms with Crippen molar-refractivity contribution in [3.05, 3.63) is 23.8 Å². The quantitative estimate of drug-likeness (QED) is 0.512. The van der Waals surface area contributed by atoms with Gasteiger partial charge in [0.2, 0.25) is 20.0 Å². The predicted octanol–water partition coefficient (Wildman–Crippen LogP) is 1.91. The summed E-state index contributed by atoms with van der Waals surface area (Å²) in [6.07, 6.45) is 3.17. The Kier molecular flexibility index (Phi) is 5.89. The van der Waals surface area contributed by atoms with Gasteiger partial charge >= 0.3 is 0 Å². The van der Waals surface area contributed by atoms with Crippen molar-refractivity contribution in [3.63, 3.8) is 0 Å². The molecule has 1 aromatic carbocycles. The van der Waals surface area contributed by atoms with E-state index in [-0.39, 0.29) is 33.1 Å². The average molecular weight is 529 g/mol. The second kappa shape index (κ2) is 8.17. The summed E-state index contributed by atoms with van der Waals surface area (Å²) in [5, 5.41) is 0.0707. The molecule has 188 valence electrons. The van der Waals surface area contributed by atoms with Gasteiger partial charge in [0.25, 0.3) is 0 Å². The molecule has 0 radical (unpaired) electrons. The molecular formula is C22H32N4O5S3. The van der Waals surface area contributed by atoms with Crippen LogP contribution in [-0.2, 0) is 31.3 Å². The lowest BCUT2D eigenvalue weighted by molar-refractivity contribution is -0.128. The number of anilines is 1. The zero-order chi connectivity index (χ0) is 24.5. The van der Waals surface area contributed by atoms with E-state index >= 15 is 0 Å². The number of carbonyl (C=O) groups is 1. The summed E-state index contributed by atoms with van der Waals surface area (Å²) in [6.45, 7) is 6.33. The molecule has 0 amide bonds. The Bertz CT molecular complexity index is 1230. The van der Waals surface area contributed by atoms with Crippen molar-refractivity contribution < 1.29 is 21.6 Å². The lowest BCUT2D eigenvalue weighted by atomic mass is 9.70. The van der Waals surface area contributed by atoms with E-state index in [4.69, 9.17) is 0 Å². The van der Waals surface area contributed by atoms with Gasteiger partial charge in [-0.05, 0) is 67.7 Å². The molecule has 5 rings (SSSR count). The molecule has 3 fully saturated rings. The van der Waals surface area contributed by atoms with E-state index < -0.39 is 31.0 Å². The minimum Gasteiger partial charge on any atom is -0.299 e. The Morgan fingerprint density at radius 2 is 1.97 bits per heavy atom. The van der Waals surface area contributed by atoms with Crippen molar-refractivity contribution in [1.29, 1.82) is 0 Å². The number of thioether (sulfide) groups is 1. The van der Waals surface area contributed by atoms with Crippen molar-refractivity contribution >= 4 is 43.3 Å². The Morgan fingerprint density at radius 3 is 2.59 bits per heavy atom. The van der Waals surface area contributed by atoms with Crippen molar-refractivity contribution in [1.82, 2.24) is 15.6 Å². The minimum absolute atomic E-state index is 0.0707. The SMILES string of the molecule is CC1NNC(NS(=O)(=O)c2ccc3c(c2)CCCN3S(=O)(=O)CC23CCC(CC2=O)C3(C)C)S1. The number of nitrogens with zero attached hydrogens (tertiary/aromatic N) is 1. The van der Waals surface area contributed by atoms with E-state index in [1.807, 2.05) is 20.8 Å². The summed E-state index contributed by atoms with van der Waals surface area (Å²) in [4.78, 5) is 13.0. The summed E-state index contributed by atoms with van der Waals surface area (Å²) < 4.78 is 57.2. The summed E-state index contributed by atoms with van der Waals surface area (Å²) >= 11 is 1.41. The van der Waals surface area contributed by atoms with Crippen LogP contribution in [0.15, 0.2) is 23.1 Å². The first-order valence-electron chi connectivity index (χ1n) is 11.7. The third-order valence-electron chi connectivity index (χ3n) is 8.36. The van der Waals surface area contributed by atoms with Gasteiger partial charge in [-0.25, -0.2) is 27.7 Å². The first-order valence-corrected chi connectivity index (χ1v) is 15.7. The second-order valence-electron chi connectivity index (χ2n) is 10.5. The molecule has 4 unspecified atom stereocenters. The van der Waals surface area contributed by atoms with Crippen LogP contribution in [0.3, 0.4) is 0 Å². The molecule has 34 heavy (non-hydrogen) atoms. The largest absolute Gasteiger partial charge is 0.299 e. The lowest BCUT2D eigenvalue weighted by Gasteiger charge is -2.39. The number of aryl methyl sites for hydroxylation is 1. The van der Waals surface area contributed by atoms with Crippen molar-refractivity contribution in [2.45, 2.75) is 68.6 Å². The molecular weight excluding hydrogens is 496 g/mol. The van der Waals surface area contributed by atoms with Crippen LogP contribution in [0.2, 0.25) is 0 Å². The maximum atomic E-state index is 13.7. The molecule has 2 heterocycles. The van der Waals surface area contributed by atoms with Crippen LogP contribution < -0.4 is 19.9 Å². The number of fused-ring (bicyclic) bond motifs is 3. The number of carbonyl (C=O) groups excluding carboxylic acids is 1. The van der Waals surface area contributed by atoms with Gasteiger partial charge < -0.3 is 0 Å². The Hall–Kier alpha value is -1.18. The fourth-order valence-corrected chi connectivity index (χ4v) is 10.9. The summed E-state index contributed by atoms with van der Waals surface area (Å²) in [5.74, 6) is 0.137. The van der Waals surface area contributed by atoms with Crippen LogP contribution in [-0.4, -0.2) is 45.8 Å². The smallest absolute Gasteiger partial charge is 0.242 e. The molecule has 2 saturated carbocycles. The molecule has 1 aromatic rings. The van der Waals surface area contributed by atoms with Gasteiger partial charge in [-0.3, -0.25) is 9.10 Å². The van der Waals surface area contributed by atoms with Crippen molar-refractivity contribution in [3.8, 4) is 0 Å². The third kappa shape index (κ3) is 3.81. The van der Waals surface area contributed by atoms with Crippen molar-refractivity contribution in [2.75, 3.05) is 16.6 Å². The number of benzene rings is 1. The van der Waals surface area contributed by atoms with Gasteiger partial charge in [0.15, 0.2) is 0 Å². The van der Waals surface area contributed by atoms with E-state index in [2.05, 4.69) is 15.6 Å². The first kappa shape index (κ1) is 24.5. The van der Waals surface area contributed by atoms with Gasteiger partial charge in [0, 0.05) is 13.0 Å². The highest BCUT2D eigenvalue weighted by atomic mass is 32.2. The van der Waals surface area contributed by atoms with Crippen LogP contribution in [0.1, 0.15) is 52.0 Å². The first-order chi connectivity index (χ1) is 15.9. The van der Waals surface area contributed by atoms with Crippen LogP contribution in [0, 0.1) is 16.7 Å². The number of rotatable bonds is 6. The number of hydrazine groups is 1. The highest BCUT2D eigenvalue weighted by Gasteiger charge is 2.65. The lowest BCUT2D eigenvalue weighted by Crippen LogP contribution is -2.47. The Morgan fingerprint density at radius 1 is 1.21 bits per heavy atom. The number of hydrogen-bond donors (Lipinski definition) is 3. The monoisotopic (exact) mass is 528 g/mol. The zero-order valence-corrected chi connectivity index (χ0v) is 22.1. The molecule has 2 bridgehead atoms. The van der Waals surface area contributed by atoms with Crippen molar-refractivity contribution in [2.24, 2.45) is 16.7 Å². The standard InChI is InChI=1S/C22H32N4O5S3/c1-14-23-24-20(32-14)25-34(30,31)17-6-7-18-15(11-17)5-4-10-26(18)33(28,29)13-22-9-8-16(12-19(22)27)21(22,2)3/h6-7,11,14,16,20,23-25H,4-5,8-10,12-13H2,1-3H3. The topological polar surface area (TPSA) is 125 Å². The zero-order valence-electron chi connectivity index (χ0n) is 19.6. The van der Waals surface area contributed by atoms with Gasteiger partial charge in [0.1, 0.15) is 11.3 Å².